The van der Waals surface area contributed by atoms with Crippen LogP contribution in [0, 0.1) is 5.82 Å². The van der Waals surface area contributed by atoms with Crippen molar-refractivity contribution >= 4 is 27.2 Å². The Morgan fingerprint density at radius 3 is 2.51 bits per heavy atom. The van der Waals surface area contributed by atoms with Crippen LogP contribution in [0.3, 0.4) is 0 Å². The summed E-state index contributed by atoms with van der Waals surface area (Å²) in [4.78, 5) is 17.6. The minimum absolute atomic E-state index is 0.0874. The molecule has 2 N–H and O–H groups in total. The van der Waals surface area contributed by atoms with Crippen molar-refractivity contribution in [2.75, 3.05) is 0 Å². The zero-order chi connectivity index (χ0) is 30.8. The summed E-state index contributed by atoms with van der Waals surface area (Å²) in [5.41, 5.74) is 10.5. The number of aryl methyl sites for hydroxylation is 3. The largest absolute Gasteiger partial charge is 0.507 e. The van der Waals surface area contributed by atoms with E-state index in [0.717, 1.165) is 54.3 Å². The number of hydrogen-bond donors (Lipinski definition) is 2. The predicted octanol–water partition coefficient (Wildman–Crippen LogP) is 9.11. The molecule has 0 amide bonds. The highest BCUT2D eigenvalue weighted by molar-refractivity contribution is 5.97. The Morgan fingerprint density at radius 2 is 1.64 bits per heavy atom. The van der Waals surface area contributed by atoms with Gasteiger partial charge in [0.15, 0.2) is 0 Å². The van der Waals surface area contributed by atoms with Crippen LogP contribution in [0.25, 0.3) is 38.4 Å². The number of H-pyrrole nitrogens is 1. The summed E-state index contributed by atoms with van der Waals surface area (Å²) >= 11 is 0. The molecule has 6 aromatic rings. The molecule has 4 nitrogen and oxygen atoms in total. The third kappa shape index (κ3) is 5.82. The Morgan fingerprint density at radius 1 is 0.778 bits per heavy atom. The van der Waals surface area contributed by atoms with E-state index in [1.807, 2.05) is 42.5 Å². The number of phenols is 1. The number of aromatic nitrogens is 2. The van der Waals surface area contributed by atoms with Crippen LogP contribution in [0.4, 0.5) is 4.39 Å². The number of aromatic amines is 1. The fraction of sp³-hybridized carbons (Fsp3) is 0.150. The van der Waals surface area contributed by atoms with Crippen LogP contribution < -0.4 is 5.56 Å². The highest BCUT2D eigenvalue weighted by Gasteiger charge is 2.22. The SMILES string of the molecule is O=c1[nH]cnc2ccccc12.Oc1ccccc1-c1cc2ccc3c(c2cc1CCc1cccc(F)c1)CCC1=C3C=CCC1. The van der Waals surface area contributed by atoms with Gasteiger partial charge in [0.1, 0.15) is 11.6 Å². The smallest absolute Gasteiger partial charge is 0.258 e. The minimum atomic E-state index is -0.198. The van der Waals surface area contributed by atoms with E-state index in [-0.39, 0.29) is 17.1 Å². The second-order valence-electron chi connectivity index (χ2n) is 11.7. The van der Waals surface area contributed by atoms with Gasteiger partial charge in [-0.3, -0.25) is 4.79 Å². The van der Waals surface area contributed by atoms with Crippen LogP contribution >= 0.6 is 0 Å². The van der Waals surface area contributed by atoms with Crippen LogP contribution in [0.2, 0.25) is 0 Å². The molecule has 0 fully saturated rings. The first-order chi connectivity index (χ1) is 22.0. The highest BCUT2D eigenvalue weighted by Crippen LogP contribution is 2.42. The van der Waals surface area contributed by atoms with Gasteiger partial charge in [0, 0.05) is 5.56 Å². The molecule has 2 aliphatic rings. The van der Waals surface area contributed by atoms with E-state index in [4.69, 9.17) is 0 Å². The number of allylic oxidation sites excluding steroid dienone is 4. The van der Waals surface area contributed by atoms with Crippen LogP contribution in [0.1, 0.15) is 41.5 Å². The lowest BCUT2D eigenvalue weighted by Gasteiger charge is -2.26. The molecule has 5 aromatic carbocycles. The molecule has 1 aromatic heterocycles. The van der Waals surface area contributed by atoms with Crippen LogP contribution in [0.5, 0.6) is 5.75 Å². The zero-order valence-corrected chi connectivity index (χ0v) is 24.9. The molecule has 0 atom stereocenters. The Balaban J connectivity index is 0.000000249. The summed E-state index contributed by atoms with van der Waals surface area (Å²) in [5.74, 6) is 0.0876. The summed E-state index contributed by atoms with van der Waals surface area (Å²) in [5, 5.41) is 13.8. The van der Waals surface area contributed by atoms with E-state index in [2.05, 4.69) is 46.4 Å². The standard InChI is InChI=1S/C32H27FO.C8H6N2O/c33-25-8-5-6-21(18-25)12-13-23-19-30-24(20-31(23)29-10-3-4-11-32(29)34)15-17-27-26-9-2-1-7-22(26)14-16-28(27)30;11-8-6-3-1-2-4-7(6)9-5-10-8/h2-6,8-11,15,17-20,34H,1,7,12-14,16H2;1-5H,(H,9,10,11). The number of aromatic hydroxyl groups is 1. The molecule has 0 aliphatic heterocycles. The lowest BCUT2D eigenvalue weighted by molar-refractivity contribution is 0.477. The van der Waals surface area contributed by atoms with E-state index in [9.17, 15) is 14.3 Å². The molecule has 0 saturated heterocycles. The van der Waals surface area contributed by atoms with Gasteiger partial charge < -0.3 is 10.1 Å². The Hall–Kier alpha value is -5.29. The van der Waals surface area contributed by atoms with E-state index in [1.165, 1.54) is 51.9 Å². The fourth-order valence-corrected chi connectivity index (χ4v) is 6.67. The van der Waals surface area contributed by atoms with Crippen LogP contribution in [-0.2, 0) is 19.3 Å². The maximum Gasteiger partial charge on any atom is 0.258 e. The molecule has 8 rings (SSSR count). The maximum absolute atomic E-state index is 13.8. The molecular weight excluding hydrogens is 559 g/mol. The average molecular weight is 593 g/mol. The predicted molar refractivity (Wildman–Crippen MR) is 181 cm³/mol. The van der Waals surface area contributed by atoms with Gasteiger partial charge >= 0.3 is 0 Å². The lowest BCUT2D eigenvalue weighted by atomic mass is 9.79. The van der Waals surface area contributed by atoms with E-state index >= 15 is 0 Å². The van der Waals surface area contributed by atoms with Crippen molar-refractivity contribution in [3.63, 3.8) is 0 Å². The molecule has 5 heteroatoms. The Bertz CT molecular complexity index is 2170. The molecule has 0 radical (unpaired) electrons. The van der Waals surface area contributed by atoms with Crippen molar-refractivity contribution < 1.29 is 9.50 Å². The second kappa shape index (κ2) is 12.4. The molecule has 0 unspecified atom stereocenters. The summed E-state index contributed by atoms with van der Waals surface area (Å²) in [6.07, 6.45) is 12.1. The van der Waals surface area contributed by atoms with E-state index in [0.29, 0.717) is 5.39 Å². The number of halogens is 1. The zero-order valence-electron chi connectivity index (χ0n) is 24.9. The third-order valence-electron chi connectivity index (χ3n) is 8.91. The average Bonchev–Trinajstić information content (AvgIpc) is 3.07. The molecule has 0 bridgehead atoms. The first kappa shape index (κ1) is 28.5. The monoisotopic (exact) mass is 592 g/mol. The summed E-state index contributed by atoms with van der Waals surface area (Å²) in [7, 11) is 0. The van der Waals surface area contributed by atoms with Crippen molar-refractivity contribution in [2.45, 2.75) is 38.5 Å². The second-order valence-corrected chi connectivity index (χ2v) is 11.7. The minimum Gasteiger partial charge on any atom is -0.507 e. The van der Waals surface area contributed by atoms with Crippen LogP contribution in [0.15, 0.2) is 126 Å². The van der Waals surface area contributed by atoms with E-state index in [1.54, 1.807) is 29.8 Å². The fourth-order valence-electron chi connectivity index (χ4n) is 6.67. The summed E-state index contributed by atoms with van der Waals surface area (Å²) in [6.45, 7) is 0. The molecule has 0 saturated carbocycles. The molecule has 0 spiro atoms. The number of nitrogens with one attached hydrogen (secondary N) is 1. The number of phenolic OH excluding ortho intramolecular Hbond substituents is 1. The lowest BCUT2D eigenvalue weighted by Crippen LogP contribution is -2.07. The van der Waals surface area contributed by atoms with Gasteiger partial charge in [-0.1, -0.05) is 78.4 Å². The van der Waals surface area contributed by atoms with Crippen LogP contribution in [-0.4, -0.2) is 15.1 Å². The van der Waals surface area contributed by atoms with Crippen molar-refractivity contribution in [3.8, 4) is 16.9 Å². The Labute approximate surface area is 261 Å². The maximum atomic E-state index is 13.8. The molecule has 45 heavy (non-hydrogen) atoms. The van der Waals surface area contributed by atoms with Gasteiger partial charge in [-0.15, -0.1) is 0 Å². The number of fused-ring (bicyclic) bond motifs is 5. The summed E-state index contributed by atoms with van der Waals surface area (Å²) in [6, 6.07) is 30.7. The van der Waals surface area contributed by atoms with Gasteiger partial charge in [0.2, 0.25) is 0 Å². The number of para-hydroxylation sites is 2. The highest BCUT2D eigenvalue weighted by atomic mass is 19.1. The van der Waals surface area contributed by atoms with Gasteiger partial charge in [-0.05, 0) is 119 Å². The normalized spacial score (nSPS) is 13.7. The first-order valence-electron chi connectivity index (χ1n) is 15.5. The number of nitrogens with zero attached hydrogens (tertiary/aromatic N) is 1. The molecular formula is C40H33FN2O2. The van der Waals surface area contributed by atoms with Crippen molar-refractivity contribution in [2.24, 2.45) is 0 Å². The van der Waals surface area contributed by atoms with Gasteiger partial charge in [0.05, 0.1) is 17.2 Å². The first-order valence-corrected chi connectivity index (χ1v) is 15.5. The van der Waals surface area contributed by atoms with Gasteiger partial charge in [-0.25, -0.2) is 9.37 Å². The molecule has 2 aliphatic carbocycles. The third-order valence-corrected chi connectivity index (χ3v) is 8.91. The topological polar surface area (TPSA) is 66.0 Å². The quantitative estimate of drug-likeness (QED) is 0.215. The summed E-state index contributed by atoms with van der Waals surface area (Å²) < 4.78 is 13.8. The molecule has 1 heterocycles. The Kier molecular flexibility index (Phi) is 7.83. The van der Waals surface area contributed by atoms with Crippen molar-refractivity contribution in [1.82, 2.24) is 9.97 Å². The number of benzene rings is 5. The van der Waals surface area contributed by atoms with E-state index < -0.39 is 0 Å². The molecule has 222 valence electrons. The van der Waals surface area contributed by atoms with Gasteiger partial charge in [0.25, 0.3) is 5.56 Å². The number of hydrogen-bond acceptors (Lipinski definition) is 3. The van der Waals surface area contributed by atoms with Crippen molar-refractivity contribution in [3.05, 3.63) is 160 Å². The number of rotatable bonds is 4. The van der Waals surface area contributed by atoms with Gasteiger partial charge in [-0.2, -0.15) is 0 Å². The van der Waals surface area contributed by atoms with Crippen molar-refractivity contribution in [1.29, 1.82) is 0 Å².